The Bertz CT molecular complexity index is 959. The molecule has 4 rings (SSSR count). The quantitative estimate of drug-likeness (QED) is 0.715. The number of carbonyl (C=O) groups excluding carboxylic acids is 1. The number of benzene rings is 2. The van der Waals surface area contributed by atoms with Gasteiger partial charge in [0.25, 0.3) is 0 Å². The minimum Gasteiger partial charge on any atom is -0.493 e. The van der Waals surface area contributed by atoms with Crippen LogP contribution < -0.4 is 24.3 Å². The number of nitrogens with one attached hydrogen (secondary N) is 1. The number of likely N-dealkylation sites (tertiary alicyclic amines) is 1. The number of hydrogen-bond donors (Lipinski definition) is 1. The zero-order valence-corrected chi connectivity index (χ0v) is 17.9. The van der Waals surface area contributed by atoms with Crippen LogP contribution in [0.4, 0.5) is 5.69 Å². The van der Waals surface area contributed by atoms with E-state index in [2.05, 4.69) is 5.32 Å². The molecular formula is C24H28N2O5. The topological polar surface area (TPSA) is 69.3 Å². The predicted molar refractivity (Wildman–Crippen MR) is 119 cm³/mol. The molecule has 1 fully saturated rings. The Morgan fingerprint density at radius 3 is 2.68 bits per heavy atom. The molecule has 0 unspecified atom stereocenters. The summed E-state index contributed by atoms with van der Waals surface area (Å²) >= 11 is 0. The van der Waals surface area contributed by atoms with Crippen LogP contribution in [0, 0.1) is 0 Å². The van der Waals surface area contributed by atoms with E-state index in [1.807, 2.05) is 47.4 Å². The highest BCUT2D eigenvalue weighted by molar-refractivity contribution is 5.92. The van der Waals surface area contributed by atoms with Crippen LogP contribution >= 0.6 is 0 Å². The Hall–Kier alpha value is -3.35. The average Bonchev–Trinajstić information content (AvgIpc) is 2.82. The van der Waals surface area contributed by atoms with Gasteiger partial charge in [0.2, 0.25) is 5.91 Å². The van der Waals surface area contributed by atoms with Crippen molar-refractivity contribution in [1.82, 2.24) is 4.90 Å². The summed E-state index contributed by atoms with van der Waals surface area (Å²) in [5, 5.41) is 3.53. The molecule has 1 N–H and O–H groups in total. The van der Waals surface area contributed by atoms with Gasteiger partial charge < -0.3 is 29.2 Å². The molecule has 0 bridgehead atoms. The van der Waals surface area contributed by atoms with Crippen molar-refractivity contribution in [3.8, 4) is 23.0 Å². The van der Waals surface area contributed by atoms with E-state index in [0.717, 1.165) is 42.1 Å². The lowest BCUT2D eigenvalue weighted by Gasteiger charge is -2.33. The average molecular weight is 424 g/mol. The molecule has 164 valence electrons. The Balaban J connectivity index is 1.37. The summed E-state index contributed by atoms with van der Waals surface area (Å²) in [6.45, 7) is 2.56. The molecule has 2 aliphatic rings. The van der Waals surface area contributed by atoms with Crippen molar-refractivity contribution < 1.29 is 23.7 Å². The number of nitrogens with zero attached hydrogens (tertiary/aromatic N) is 1. The molecule has 0 aromatic heterocycles. The van der Waals surface area contributed by atoms with E-state index in [1.54, 1.807) is 20.3 Å². The lowest BCUT2D eigenvalue weighted by Crippen LogP contribution is -2.44. The molecule has 31 heavy (non-hydrogen) atoms. The third-order valence-corrected chi connectivity index (χ3v) is 5.47. The number of ether oxygens (including phenoxy) is 4. The molecule has 0 radical (unpaired) electrons. The smallest absolute Gasteiger partial charge is 0.246 e. The first-order valence-corrected chi connectivity index (χ1v) is 10.5. The first-order valence-electron chi connectivity index (χ1n) is 10.5. The second-order valence-electron chi connectivity index (χ2n) is 7.57. The summed E-state index contributed by atoms with van der Waals surface area (Å²) in [6.07, 6.45) is 5.39. The van der Waals surface area contributed by atoms with Crippen LogP contribution in [0.15, 0.2) is 42.5 Å². The fraction of sp³-hybridized carbons (Fsp3) is 0.375. The summed E-state index contributed by atoms with van der Waals surface area (Å²) in [6, 6.07) is 11.6. The fourth-order valence-corrected chi connectivity index (χ4v) is 3.89. The number of carbonyl (C=O) groups is 1. The van der Waals surface area contributed by atoms with Gasteiger partial charge in [0.15, 0.2) is 23.0 Å². The normalized spacial score (nSPS) is 18.0. The largest absolute Gasteiger partial charge is 0.493 e. The van der Waals surface area contributed by atoms with E-state index in [1.165, 1.54) is 0 Å². The van der Waals surface area contributed by atoms with E-state index < -0.39 is 0 Å². The number of hydrogen-bond acceptors (Lipinski definition) is 6. The molecule has 7 heteroatoms. The van der Waals surface area contributed by atoms with Crippen molar-refractivity contribution in [2.45, 2.75) is 18.9 Å². The molecule has 2 aliphatic heterocycles. The van der Waals surface area contributed by atoms with Gasteiger partial charge in [0.1, 0.15) is 13.2 Å². The van der Waals surface area contributed by atoms with E-state index >= 15 is 0 Å². The lowest BCUT2D eigenvalue weighted by molar-refractivity contribution is -0.126. The standard InChI is InChI=1S/C24H28N2O5/c1-28-20-8-5-17(14-22(20)29-2)6-10-24(27)26-11-3-4-19(16-26)25-18-7-9-21-23(15-18)31-13-12-30-21/h5-10,14-15,19,25H,3-4,11-13,16H2,1-2H3/b10-6+/t19-/m1/s1. The summed E-state index contributed by atoms with van der Waals surface area (Å²) < 4.78 is 21.8. The number of amides is 1. The van der Waals surface area contributed by atoms with Crippen LogP contribution in [0.25, 0.3) is 6.08 Å². The minimum absolute atomic E-state index is 0.00320. The maximum atomic E-state index is 12.8. The molecule has 1 amide bonds. The molecule has 2 aromatic carbocycles. The maximum Gasteiger partial charge on any atom is 0.246 e. The highest BCUT2D eigenvalue weighted by atomic mass is 16.6. The van der Waals surface area contributed by atoms with E-state index in [4.69, 9.17) is 18.9 Å². The minimum atomic E-state index is 0.00320. The molecular weight excluding hydrogens is 396 g/mol. The highest BCUT2D eigenvalue weighted by Gasteiger charge is 2.23. The first-order chi connectivity index (χ1) is 15.2. The van der Waals surface area contributed by atoms with Crippen molar-refractivity contribution in [3.63, 3.8) is 0 Å². The first kappa shape index (κ1) is 20.9. The molecule has 2 heterocycles. The van der Waals surface area contributed by atoms with Crippen LogP contribution in [-0.2, 0) is 4.79 Å². The number of piperidine rings is 1. The lowest BCUT2D eigenvalue weighted by atomic mass is 10.0. The van der Waals surface area contributed by atoms with Gasteiger partial charge in [-0.1, -0.05) is 6.07 Å². The van der Waals surface area contributed by atoms with Gasteiger partial charge in [-0.05, 0) is 48.7 Å². The van der Waals surface area contributed by atoms with Crippen LogP contribution in [0.1, 0.15) is 18.4 Å². The zero-order chi connectivity index (χ0) is 21.6. The van der Waals surface area contributed by atoms with Gasteiger partial charge in [0, 0.05) is 37.0 Å². The number of anilines is 1. The molecule has 7 nitrogen and oxygen atoms in total. The maximum absolute atomic E-state index is 12.8. The molecule has 1 atom stereocenters. The highest BCUT2D eigenvalue weighted by Crippen LogP contribution is 2.33. The Labute approximate surface area is 182 Å². The molecule has 2 aromatic rings. The van der Waals surface area contributed by atoms with E-state index in [-0.39, 0.29) is 11.9 Å². The van der Waals surface area contributed by atoms with Crippen molar-refractivity contribution in [1.29, 1.82) is 0 Å². The van der Waals surface area contributed by atoms with Gasteiger partial charge in [-0.3, -0.25) is 4.79 Å². The summed E-state index contributed by atoms with van der Waals surface area (Å²) in [5.74, 6) is 2.84. The van der Waals surface area contributed by atoms with Crippen LogP contribution in [0.5, 0.6) is 23.0 Å². The SMILES string of the molecule is COc1ccc(/C=C/C(=O)N2CCC[C@@H](Nc3ccc4c(c3)OCCO4)C2)cc1OC. The third kappa shape index (κ3) is 5.05. The fourth-order valence-electron chi connectivity index (χ4n) is 3.89. The molecule has 0 aliphatic carbocycles. The van der Waals surface area contributed by atoms with Gasteiger partial charge >= 0.3 is 0 Å². The van der Waals surface area contributed by atoms with Gasteiger partial charge in [-0.15, -0.1) is 0 Å². The van der Waals surface area contributed by atoms with Crippen LogP contribution in [0.2, 0.25) is 0 Å². The van der Waals surface area contributed by atoms with Gasteiger partial charge in [0.05, 0.1) is 14.2 Å². The van der Waals surface area contributed by atoms with E-state index in [0.29, 0.717) is 31.3 Å². The Morgan fingerprint density at radius 2 is 1.87 bits per heavy atom. The van der Waals surface area contributed by atoms with Crippen molar-refractivity contribution >= 4 is 17.7 Å². The number of fused-ring (bicyclic) bond motifs is 1. The Kier molecular flexibility index (Phi) is 6.50. The number of methoxy groups -OCH3 is 2. The number of rotatable bonds is 6. The third-order valence-electron chi connectivity index (χ3n) is 5.47. The van der Waals surface area contributed by atoms with Crippen LogP contribution in [-0.4, -0.2) is 57.4 Å². The predicted octanol–water partition coefficient (Wildman–Crippen LogP) is 3.59. The second kappa shape index (κ2) is 9.64. The molecule has 0 spiro atoms. The van der Waals surface area contributed by atoms with Gasteiger partial charge in [-0.2, -0.15) is 0 Å². The van der Waals surface area contributed by atoms with E-state index in [9.17, 15) is 4.79 Å². The summed E-state index contributed by atoms with van der Waals surface area (Å²) in [7, 11) is 3.20. The Morgan fingerprint density at radius 1 is 1.06 bits per heavy atom. The van der Waals surface area contributed by atoms with Crippen molar-refractivity contribution in [3.05, 3.63) is 48.0 Å². The second-order valence-corrected chi connectivity index (χ2v) is 7.57. The zero-order valence-electron chi connectivity index (χ0n) is 17.9. The van der Waals surface area contributed by atoms with Crippen molar-refractivity contribution in [2.24, 2.45) is 0 Å². The summed E-state index contributed by atoms with van der Waals surface area (Å²) in [4.78, 5) is 14.6. The molecule has 0 saturated carbocycles. The van der Waals surface area contributed by atoms with Crippen molar-refractivity contribution in [2.75, 3.05) is 45.8 Å². The van der Waals surface area contributed by atoms with Crippen LogP contribution in [0.3, 0.4) is 0 Å². The summed E-state index contributed by atoms with van der Waals surface area (Å²) in [5.41, 5.74) is 1.86. The van der Waals surface area contributed by atoms with Gasteiger partial charge in [-0.25, -0.2) is 0 Å². The monoisotopic (exact) mass is 424 g/mol. The molecule has 1 saturated heterocycles.